The molecule has 2 aromatic rings. The van der Waals surface area contributed by atoms with Crippen LogP contribution in [0.5, 0.6) is 0 Å². The number of rotatable bonds is 10. The molecule has 1 heterocycles. The van der Waals surface area contributed by atoms with Gasteiger partial charge in [0, 0.05) is 24.5 Å². The number of nitrogens with one attached hydrogen (secondary N) is 1. The molecule has 2 rings (SSSR count). The molecule has 1 unspecified atom stereocenters. The van der Waals surface area contributed by atoms with Crippen molar-refractivity contribution in [2.75, 3.05) is 33.8 Å². The summed E-state index contributed by atoms with van der Waals surface area (Å²) in [7, 11) is 3.86. The number of ether oxygens (including phenoxy) is 1. The Morgan fingerprint density at radius 2 is 1.89 bits per heavy atom. The van der Waals surface area contributed by atoms with Crippen molar-refractivity contribution >= 4 is 23.3 Å². The number of carbonyl (C=O) groups excluding carboxylic acids is 1. The number of nitrogens with zero attached hydrogens (tertiary/aromatic N) is 1. The van der Waals surface area contributed by atoms with E-state index < -0.39 is 11.4 Å². The highest BCUT2D eigenvalue weighted by Gasteiger charge is 2.36. The monoisotopic (exact) mass is 390 g/mol. The van der Waals surface area contributed by atoms with E-state index in [-0.39, 0.29) is 5.97 Å². The molecule has 0 aliphatic heterocycles. The molecule has 27 heavy (non-hydrogen) atoms. The summed E-state index contributed by atoms with van der Waals surface area (Å²) in [6.07, 6.45) is 0. The summed E-state index contributed by atoms with van der Waals surface area (Å²) in [5.41, 5.74) is 0.0465. The van der Waals surface area contributed by atoms with Crippen molar-refractivity contribution in [2.24, 2.45) is 0 Å². The van der Waals surface area contributed by atoms with Crippen molar-refractivity contribution in [3.8, 4) is 0 Å². The Morgan fingerprint density at radius 3 is 2.48 bits per heavy atom. The molecule has 0 saturated heterocycles. The number of carbonyl (C=O) groups is 2. The molecule has 0 saturated carbocycles. The summed E-state index contributed by atoms with van der Waals surface area (Å²) < 4.78 is 5.52. The van der Waals surface area contributed by atoms with E-state index in [0.29, 0.717) is 31.1 Å². The summed E-state index contributed by atoms with van der Waals surface area (Å²) >= 11 is 1.23. The first-order valence-electron chi connectivity index (χ1n) is 8.73. The van der Waals surface area contributed by atoms with Gasteiger partial charge in [0.05, 0.1) is 0 Å². The normalized spacial score (nSPS) is 13.3. The van der Waals surface area contributed by atoms with Crippen LogP contribution in [-0.4, -0.2) is 55.7 Å². The van der Waals surface area contributed by atoms with Crippen LogP contribution in [0.4, 0.5) is 0 Å². The zero-order valence-corrected chi connectivity index (χ0v) is 16.7. The fourth-order valence-corrected chi connectivity index (χ4v) is 3.42. The van der Waals surface area contributed by atoms with Crippen LogP contribution in [0, 0.1) is 0 Å². The number of benzene rings is 1. The van der Waals surface area contributed by atoms with E-state index in [4.69, 9.17) is 9.84 Å². The van der Waals surface area contributed by atoms with Crippen LogP contribution in [0.15, 0.2) is 42.5 Å². The van der Waals surface area contributed by atoms with Gasteiger partial charge in [-0.25, -0.2) is 4.79 Å². The Labute approximate surface area is 163 Å². The minimum Gasteiger partial charge on any atom is -0.477 e. The predicted molar refractivity (Wildman–Crippen MR) is 106 cm³/mol. The number of esters is 1. The quantitative estimate of drug-likeness (QED) is 0.607. The Balaban J connectivity index is 2.05. The number of aromatic carboxylic acids is 1. The highest BCUT2D eigenvalue weighted by Crippen LogP contribution is 2.25. The predicted octanol–water partition coefficient (Wildman–Crippen LogP) is 2.60. The maximum atomic E-state index is 12.8. The molecule has 0 aliphatic rings. The van der Waals surface area contributed by atoms with Gasteiger partial charge in [0.25, 0.3) is 0 Å². The van der Waals surface area contributed by atoms with E-state index in [1.165, 1.54) is 11.3 Å². The molecule has 1 atom stereocenters. The minimum absolute atomic E-state index is 0.277. The van der Waals surface area contributed by atoms with Crippen LogP contribution < -0.4 is 5.32 Å². The average Bonchev–Trinajstić information content (AvgIpc) is 3.11. The molecule has 1 aromatic carbocycles. The first-order valence-corrected chi connectivity index (χ1v) is 9.55. The SMILES string of the molecule is CN(C)CCOC(=O)C(C)(CNCc1ccc(C(=O)O)s1)c1ccccc1. The maximum Gasteiger partial charge on any atom is 0.345 e. The maximum absolute atomic E-state index is 12.8. The third-order valence-corrected chi connectivity index (χ3v) is 5.36. The molecular formula is C20H26N2O4S. The third-order valence-electron chi connectivity index (χ3n) is 4.28. The summed E-state index contributed by atoms with van der Waals surface area (Å²) in [6.45, 7) is 3.74. The van der Waals surface area contributed by atoms with Crippen LogP contribution in [-0.2, 0) is 21.5 Å². The molecule has 0 fully saturated rings. The van der Waals surface area contributed by atoms with Gasteiger partial charge >= 0.3 is 11.9 Å². The lowest BCUT2D eigenvalue weighted by molar-refractivity contribution is -0.150. The molecule has 2 N–H and O–H groups in total. The minimum atomic E-state index is -0.926. The Hall–Kier alpha value is -2.22. The van der Waals surface area contributed by atoms with Crippen LogP contribution in [0.3, 0.4) is 0 Å². The summed E-state index contributed by atoms with van der Waals surface area (Å²) in [5.74, 6) is -1.20. The van der Waals surface area contributed by atoms with Crippen molar-refractivity contribution in [3.05, 3.63) is 57.8 Å². The lowest BCUT2D eigenvalue weighted by atomic mass is 9.82. The molecule has 0 radical (unpaired) electrons. The van der Waals surface area contributed by atoms with Gasteiger partial charge in [0.2, 0.25) is 0 Å². The van der Waals surface area contributed by atoms with Crippen LogP contribution in [0.2, 0.25) is 0 Å². The average molecular weight is 391 g/mol. The van der Waals surface area contributed by atoms with Crippen molar-refractivity contribution < 1.29 is 19.4 Å². The Kier molecular flexibility index (Phi) is 7.53. The van der Waals surface area contributed by atoms with E-state index in [1.54, 1.807) is 12.1 Å². The number of carboxylic acids is 1. The van der Waals surface area contributed by atoms with Gasteiger partial charge < -0.3 is 20.1 Å². The van der Waals surface area contributed by atoms with Crippen molar-refractivity contribution in [3.63, 3.8) is 0 Å². The molecule has 6 nitrogen and oxygen atoms in total. The molecule has 0 spiro atoms. The first kappa shape index (κ1) is 21.1. The van der Waals surface area contributed by atoms with Crippen molar-refractivity contribution in [1.82, 2.24) is 10.2 Å². The first-order chi connectivity index (χ1) is 12.8. The van der Waals surface area contributed by atoms with E-state index in [1.807, 2.05) is 56.3 Å². The summed E-state index contributed by atoms with van der Waals surface area (Å²) in [5, 5.41) is 12.3. The number of carboxylic acid groups (broad SMARTS) is 1. The van der Waals surface area contributed by atoms with Crippen molar-refractivity contribution in [1.29, 1.82) is 0 Å². The third kappa shape index (κ3) is 5.89. The van der Waals surface area contributed by atoms with Gasteiger partial charge in [-0.1, -0.05) is 30.3 Å². The second-order valence-electron chi connectivity index (χ2n) is 6.81. The topological polar surface area (TPSA) is 78.9 Å². The number of thiophene rings is 1. The molecule has 0 aliphatic carbocycles. The molecular weight excluding hydrogens is 364 g/mol. The van der Waals surface area contributed by atoms with Crippen molar-refractivity contribution in [2.45, 2.75) is 18.9 Å². The standard InChI is InChI=1S/C20H26N2O4S/c1-20(15-7-5-4-6-8-15,19(25)26-12-11-22(2)3)14-21-13-16-9-10-17(27-16)18(23)24/h4-10,21H,11-14H2,1-3H3,(H,23,24). The van der Waals surface area contributed by atoms with Gasteiger partial charge in [0.1, 0.15) is 16.9 Å². The zero-order chi connectivity index (χ0) is 19.9. The highest BCUT2D eigenvalue weighted by atomic mass is 32.1. The molecule has 0 bridgehead atoms. The van der Waals surface area contributed by atoms with Crippen LogP contribution in [0.1, 0.15) is 27.0 Å². The molecule has 7 heteroatoms. The second kappa shape index (κ2) is 9.64. The number of hydrogen-bond acceptors (Lipinski definition) is 6. The van der Waals surface area contributed by atoms with Gasteiger partial charge in [-0.2, -0.15) is 0 Å². The fraction of sp³-hybridized carbons (Fsp3) is 0.400. The second-order valence-corrected chi connectivity index (χ2v) is 7.98. The van der Waals surface area contributed by atoms with Crippen LogP contribution >= 0.6 is 11.3 Å². The van der Waals surface area contributed by atoms with Gasteiger partial charge in [-0.05, 0) is 38.7 Å². The number of likely N-dealkylation sites (N-methyl/N-ethyl adjacent to an activating group) is 1. The van der Waals surface area contributed by atoms with E-state index >= 15 is 0 Å². The molecule has 0 amide bonds. The van der Waals surface area contributed by atoms with Crippen LogP contribution in [0.25, 0.3) is 0 Å². The van der Waals surface area contributed by atoms with Gasteiger partial charge in [-0.3, -0.25) is 4.79 Å². The summed E-state index contributed by atoms with van der Waals surface area (Å²) in [4.78, 5) is 27.0. The zero-order valence-electron chi connectivity index (χ0n) is 15.9. The highest BCUT2D eigenvalue weighted by molar-refractivity contribution is 7.13. The summed E-state index contributed by atoms with van der Waals surface area (Å²) in [6, 6.07) is 12.9. The van der Waals surface area contributed by atoms with E-state index in [2.05, 4.69) is 5.32 Å². The Morgan fingerprint density at radius 1 is 1.19 bits per heavy atom. The van der Waals surface area contributed by atoms with E-state index in [9.17, 15) is 9.59 Å². The Bertz CT molecular complexity index is 760. The molecule has 146 valence electrons. The lowest BCUT2D eigenvalue weighted by Crippen LogP contribution is -2.44. The fourth-order valence-electron chi connectivity index (χ4n) is 2.60. The molecule has 1 aromatic heterocycles. The van der Waals surface area contributed by atoms with Gasteiger partial charge in [-0.15, -0.1) is 11.3 Å². The van der Waals surface area contributed by atoms with Gasteiger partial charge in [0.15, 0.2) is 0 Å². The largest absolute Gasteiger partial charge is 0.477 e. The smallest absolute Gasteiger partial charge is 0.345 e. The lowest BCUT2D eigenvalue weighted by Gasteiger charge is -2.28. The van der Waals surface area contributed by atoms with E-state index in [0.717, 1.165) is 10.4 Å². The number of hydrogen-bond donors (Lipinski definition) is 2.